The Balaban J connectivity index is 2.02. The number of benzene rings is 2. The summed E-state index contributed by atoms with van der Waals surface area (Å²) >= 11 is 0. The predicted molar refractivity (Wildman–Crippen MR) is 106 cm³/mol. The summed E-state index contributed by atoms with van der Waals surface area (Å²) in [5, 5.41) is 11.7. The van der Waals surface area contributed by atoms with E-state index in [0.717, 1.165) is 6.42 Å². The van der Waals surface area contributed by atoms with Crippen molar-refractivity contribution in [2.45, 2.75) is 19.9 Å². The number of aryl methyl sites for hydroxylation is 1. The number of para-hydroxylation sites is 1. The van der Waals surface area contributed by atoms with Gasteiger partial charge in [0.1, 0.15) is 11.6 Å². The lowest BCUT2D eigenvalue weighted by molar-refractivity contribution is 0.411. The van der Waals surface area contributed by atoms with Gasteiger partial charge in [-0.3, -0.25) is 0 Å². The Morgan fingerprint density at radius 1 is 1.22 bits per heavy atom. The third-order valence-electron chi connectivity index (χ3n) is 4.79. The number of rotatable bonds is 4. The second-order valence-electron chi connectivity index (χ2n) is 6.48. The summed E-state index contributed by atoms with van der Waals surface area (Å²) < 4.78 is 21.5. The normalized spacial score (nSPS) is 11.4. The second kappa shape index (κ2) is 6.46. The molecule has 0 fully saturated rings. The molecule has 138 valence electrons. The summed E-state index contributed by atoms with van der Waals surface area (Å²) in [6.07, 6.45) is 2.65. The van der Waals surface area contributed by atoms with Crippen LogP contribution in [-0.2, 0) is 6.54 Å². The summed E-state index contributed by atoms with van der Waals surface area (Å²) in [6.45, 7) is 2.69. The van der Waals surface area contributed by atoms with Gasteiger partial charge in [-0.15, -0.1) is 0 Å². The van der Waals surface area contributed by atoms with Gasteiger partial charge in [-0.1, -0.05) is 25.1 Å². The van der Waals surface area contributed by atoms with E-state index in [2.05, 4.69) is 0 Å². The summed E-state index contributed by atoms with van der Waals surface area (Å²) in [4.78, 5) is 4.70. The molecule has 0 saturated heterocycles. The van der Waals surface area contributed by atoms with E-state index >= 15 is 0 Å². The molecule has 0 radical (unpaired) electrons. The average molecular weight is 365 g/mol. The first-order valence-electron chi connectivity index (χ1n) is 8.79. The van der Waals surface area contributed by atoms with Crippen LogP contribution in [0, 0.1) is 5.82 Å². The molecule has 0 amide bonds. The first-order valence-corrected chi connectivity index (χ1v) is 8.79. The molecule has 4 rings (SSSR count). The number of hydrogen-bond acceptors (Lipinski definition) is 4. The molecule has 0 unspecified atom stereocenters. The molecule has 0 aliphatic carbocycles. The number of fused-ring (bicyclic) bond motifs is 2. The Morgan fingerprint density at radius 2 is 2.04 bits per heavy atom. The maximum Gasteiger partial charge on any atom is 0.202 e. The molecule has 2 heterocycles. The summed E-state index contributed by atoms with van der Waals surface area (Å²) in [6, 6.07) is 10.2. The number of halogens is 1. The minimum Gasteiger partial charge on any atom is -0.497 e. The molecule has 5 nitrogen and oxygen atoms in total. The number of aromatic nitrogens is 2. The highest BCUT2D eigenvalue weighted by atomic mass is 19.1. The van der Waals surface area contributed by atoms with E-state index in [9.17, 15) is 9.50 Å². The minimum absolute atomic E-state index is 0.111. The second-order valence-corrected chi connectivity index (χ2v) is 6.48. The number of hydrogen-bond donors (Lipinski definition) is 2. The average Bonchev–Trinajstić information content (AvgIpc) is 2.98. The van der Waals surface area contributed by atoms with Crippen LogP contribution >= 0.6 is 0 Å². The van der Waals surface area contributed by atoms with Crippen LogP contribution in [0.5, 0.6) is 11.6 Å². The number of methoxy groups -OCH3 is 1. The van der Waals surface area contributed by atoms with Crippen molar-refractivity contribution in [1.82, 2.24) is 9.55 Å². The van der Waals surface area contributed by atoms with E-state index in [1.807, 2.05) is 25.1 Å². The lowest BCUT2D eigenvalue weighted by Crippen LogP contribution is -1.95. The molecule has 3 N–H and O–H groups in total. The van der Waals surface area contributed by atoms with E-state index in [4.69, 9.17) is 15.5 Å². The van der Waals surface area contributed by atoms with Crippen molar-refractivity contribution < 1.29 is 14.2 Å². The zero-order valence-electron chi connectivity index (χ0n) is 15.2. The fraction of sp³-hybridized carbons (Fsp3) is 0.190. The summed E-state index contributed by atoms with van der Waals surface area (Å²) in [7, 11) is 1.50. The number of ether oxygens (including phenoxy) is 1. The number of nitrogens with two attached hydrogens (primary N) is 1. The van der Waals surface area contributed by atoms with E-state index in [1.54, 1.807) is 22.9 Å². The van der Waals surface area contributed by atoms with Crippen LogP contribution in [0.25, 0.3) is 32.9 Å². The molecule has 4 aromatic rings. The van der Waals surface area contributed by atoms with E-state index in [-0.39, 0.29) is 5.88 Å². The number of nitrogens with zero attached hydrogens (tertiary/aromatic N) is 2. The first-order chi connectivity index (χ1) is 13.0. The molecule has 27 heavy (non-hydrogen) atoms. The van der Waals surface area contributed by atoms with E-state index in [0.29, 0.717) is 50.9 Å². The topological polar surface area (TPSA) is 73.3 Å². The smallest absolute Gasteiger partial charge is 0.202 e. The van der Waals surface area contributed by atoms with Gasteiger partial charge in [0, 0.05) is 35.3 Å². The van der Waals surface area contributed by atoms with Crippen molar-refractivity contribution in [3.05, 3.63) is 48.4 Å². The van der Waals surface area contributed by atoms with Crippen LogP contribution in [0.2, 0.25) is 0 Å². The molecule has 0 aliphatic rings. The van der Waals surface area contributed by atoms with Gasteiger partial charge < -0.3 is 20.1 Å². The highest BCUT2D eigenvalue weighted by molar-refractivity contribution is 6.12. The molecular weight excluding hydrogens is 345 g/mol. The maximum absolute atomic E-state index is 14.7. The van der Waals surface area contributed by atoms with Crippen molar-refractivity contribution in [2.24, 2.45) is 0 Å². The van der Waals surface area contributed by atoms with Crippen LogP contribution < -0.4 is 10.5 Å². The molecule has 0 atom stereocenters. The molecular formula is C21H20FN3O2. The zero-order valence-corrected chi connectivity index (χ0v) is 15.2. The van der Waals surface area contributed by atoms with Gasteiger partial charge in [0.25, 0.3) is 0 Å². The predicted octanol–water partition coefficient (Wildman–Crippen LogP) is 4.70. The molecule has 0 aliphatic heterocycles. The number of pyridine rings is 1. The fourth-order valence-electron chi connectivity index (χ4n) is 3.48. The van der Waals surface area contributed by atoms with Gasteiger partial charge in [-0.05, 0) is 18.6 Å². The van der Waals surface area contributed by atoms with Crippen molar-refractivity contribution in [3.63, 3.8) is 0 Å². The van der Waals surface area contributed by atoms with Crippen molar-refractivity contribution >= 4 is 27.5 Å². The Labute approximate surface area is 155 Å². The largest absolute Gasteiger partial charge is 0.497 e. The number of aromatic hydroxyl groups is 1. The van der Waals surface area contributed by atoms with Crippen molar-refractivity contribution in [1.29, 1.82) is 0 Å². The van der Waals surface area contributed by atoms with Gasteiger partial charge >= 0.3 is 0 Å². The summed E-state index contributed by atoms with van der Waals surface area (Å²) in [5.41, 5.74) is 9.06. The quantitative estimate of drug-likeness (QED) is 0.550. The van der Waals surface area contributed by atoms with Crippen LogP contribution in [0.1, 0.15) is 13.3 Å². The number of anilines is 1. The molecule has 2 aromatic carbocycles. The molecule has 2 aromatic heterocycles. The van der Waals surface area contributed by atoms with Crippen LogP contribution in [-0.4, -0.2) is 21.8 Å². The SMILES string of the molecule is CCCn1cc2nc3c(-c4ccc(OC)cc4F)cccc3c(N)c2c1O. The summed E-state index contributed by atoms with van der Waals surface area (Å²) in [5.74, 6) is 0.168. The van der Waals surface area contributed by atoms with Gasteiger partial charge in [0.05, 0.1) is 29.2 Å². The highest BCUT2D eigenvalue weighted by Gasteiger charge is 2.18. The van der Waals surface area contributed by atoms with Gasteiger partial charge in [-0.2, -0.15) is 0 Å². The van der Waals surface area contributed by atoms with Gasteiger partial charge in [0.2, 0.25) is 5.88 Å². The van der Waals surface area contributed by atoms with Crippen LogP contribution in [0.15, 0.2) is 42.6 Å². The van der Waals surface area contributed by atoms with Gasteiger partial charge in [0.15, 0.2) is 0 Å². The Morgan fingerprint density at radius 3 is 2.74 bits per heavy atom. The Hall–Kier alpha value is -3.28. The standard InChI is InChI=1S/C21H20FN3O2/c1-3-9-25-11-17-18(21(25)26)19(23)15-6-4-5-14(20(15)24-17)13-8-7-12(27-2)10-16(13)22/h4-8,10-11,26H,3,9,23H2,1-2H3. The molecule has 0 spiro atoms. The molecule has 6 heteroatoms. The third kappa shape index (κ3) is 2.65. The van der Waals surface area contributed by atoms with Crippen molar-refractivity contribution in [2.75, 3.05) is 12.8 Å². The van der Waals surface area contributed by atoms with Crippen molar-refractivity contribution in [3.8, 4) is 22.8 Å². The van der Waals surface area contributed by atoms with Crippen LogP contribution in [0.4, 0.5) is 10.1 Å². The third-order valence-corrected chi connectivity index (χ3v) is 4.79. The number of nitrogen functional groups attached to an aromatic ring is 1. The van der Waals surface area contributed by atoms with Crippen LogP contribution in [0.3, 0.4) is 0 Å². The van der Waals surface area contributed by atoms with E-state index in [1.165, 1.54) is 13.2 Å². The lowest BCUT2D eigenvalue weighted by atomic mass is 9.99. The fourth-order valence-corrected chi connectivity index (χ4v) is 3.48. The van der Waals surface area contributed by atoms with Gasteiger partial charge in [-0.25, -0.2) is 9.37 Å². The monoisotopic (exact) mass is 365 g/mol. The lowest BCUT2D eigenvalue weighted by Gasteiger charge is -2.11. The minimum atomic E-state index is -0.395. The molecule has 0 bridgehead atoms. The van der Waals surface area contributed by atoms with E-state index < -0.39 is 5.82 Å². The maximum atomic E-state index is 14.7. The zero-order chi connectivity index (χ0) is 19.1. The first kappa shape index (κ1) is 17.1. The Bertz CT molecular complexity index is 1170. The molecule has 0 saturated carbocycles. The highest BCUT2D eigenvalue weighted by Crippen LogP contribution is 2.39. The Kier molecular flexibility index (Phi) is 4.11.